The highest BCUT2D eigenvalue weighted by Gasteiger charge is 2.29. The normalized spacial score (nSPS) is 22.2. The van der Waals surface area contributed by atoms with Gasteiger partial charge in [0.05, 0.1) is 12.2 Å². The third-order valence-electron chi connectivity index (χ3n) is 5.51. The van der Waals surface area contributed by atoms with Gasteiger partial charge < -0.3 is 19.8 Å². The number of carbonyl (C=O) groups excluding carboxylic acids is 3. The average molecular weight is 378 g/mol. The van der Waals surface area contributed by atoms with E-state index in [9.17, 15) is 14.4 Å². The van der Waals surface area contributed by atoms with Crippen molar-refractivity contribution in [3.8, 4) is 0 Å². The third-order valence-corrected chi connectivity index (χ3v) is 5.51. The number of carbonyl (C=O) groups is 3. The van der Waals surface area contributed by atoms with E-state index >= 15 is 0 Å². The Morgan fingerprint density at radius 1 is 1.11 bits per heavy atom. The van der Waals surface area contributed by atoms with E-state index in [-0.39, 0.29) is 30.9 Å². The van der Waals surface area contributed by atoms with Gasteiger partial charge in [0.25, 0.3) is 5.91 Å². The molecule has 2 rings (SSSR count). The van der Waals surface area contributed by atoms with Crippen molar-refractivity contribution in [1.82, 2.24) is 10.3 Å². The van der Waals surface area contributed by atoms with Crippen molar-refractivity contribution in [2.24, 2.45) is 11.8 Å². The van der Waals surface area contributed by atoms with Gasteiger partial charge in [0.15, 0.2) is 6.61 Å². The topological polar surface area (TPSA) is 97.5 Å². The first kappa shape index (κ1) is 21.0. The molecule has 150 valence electrons. The average Bonchev–Trinajstić information content (AvgIpc) is 2.91. The number of aromatic nitrogens is 1. The zero-order valence-electron chi connectivity index (χ0n) is 16.8. The molecule has 27 heavy (non-hydrogen) atoms. The molecule has 1 aromatic heterocycles. The van der Waals surface area contributed by atoms with E-state index in [2.05, 4.69) is 24.1 Å². The standard InChI is InChI=1S/C20H30N2O5/c1-6-26-19(24)17-13(4)18(21-14(17)5)20(25)27-10-16(23)22-15-9-7-8-11(2)12(15)3/h11-12,15,21H,6-10H2,1-5H3,(H,22,23)/t11-,12+,15+/m1/s1. The number of hydrogen-bond donors (Lipinski definition) is 2. The number of H-pyrrole nitrogens is 1. The van der Waals surface area contributed by atoms with Crippen molar-refractivity contribution in [3.05, 3.63) is 22.5 Å². The first-order valence-electron chi connectivity index (χ1n) is 9.59. The molecule has 1 amide bonds. The van der Waals surface area contributed by atoms with E-state index in [1.165, 1.54) is 6.42 Å². The molecule has 3 atom stereocenters. The van der Waals surface area contributed by atoms with Gasteiger partial charge in [-0.25, -0.2) is 9.59 Å². The summed E-state index contributed by atoms with van der Waals surface area (Å²) in [5.74, 6) is -0.482. The van der Waals surface area contributed by atoms with Gasteiger partial charge in [0.2, 0.25) is 0 Å². The van der Waals surface area contributed by atoms with E-state index in [0.717, 1.165) is 12.8 Å². The van der Waals surface area contributed by atoms with Gasteiger partial charge in [-0.15, -0.1) is 0 Å². The van der Waals surface area contributed by atoms with Crippen LogP contribution in [0.2, 0.25) is 0 Å². The number of esters is 2. The summed E-state index contributed by atoms with van der Waals surface area (Å²) in [7, 11) is 0. The predicted molar refractivity (Wildman–Crippen MR) is 101 cm³/mol. The van der Waals surface area contributed by atoms with Crippen molar-refractivity contribution < 1.29 is 23.9 Å². The van der Waals surface area contributed by atoms with Crippen LogP contribution in [0.4, 0.5) is 0 Å². The highest BCUT2D eigenvalue weighted by atomic mass is 16.5. The molecule has 1 aliphatic carbocycles. The number of rotatable bonds is 6. The molecule has 0 aliphatic heterocycles. The second-order valence-electron chi connectivity index (χ2n) is 7.36. The van der Waals surface area contributed by atoms with Crippen molar-refractivity contribution in [3.63, 3.8) is 0 Å². The quantitative estimate of drug-likeness (QED) is 0.742. The number of hydrogen-bond acceptors (Lipinski definition) is 5. The molecule has 2 N–H and O–H groups in total. The molecule has 0 unspecified atom stereocenters. The van der Waals surface area contributed by atoms with Crippen LogP contribution in [0.1, 0.15) is 72.1 Å². The second-order valence-corrected chi connectivity index (χ2v) is 7.36. The maximum absolute atomic E-state index is 12.3. The minimum atomic E-state index is -0.661. The molecular weight excluding hydrogens is 348 g/mol. The Hall–Kier alpha value is -2.31. The molecule has 1 saturated carbocycles. The van der Waals surface area contributed by atoms with Crippen LogP contribution in [-0.2, 0) is 14.3 Å². The van der Waals surface area contributed by atoms with Gasteiger partial charge in [0, 0.05) is 11.7 Å². The molecule has 1 heterocycles. The maximum Gasteiger partial charge on any atom is 0.355 e. The molecule has 0 aromatic carbocycles. The van der Waals surface area contributed by atoms with Crippen LogP contribution in [0.15, 0.2) is 0 Å². The van der Waals surface area contributed by atoms with Crippen molar-refractivity contribution in [2.75, 3.05) is 13.2 Å². The highest BCUT2D eigenvalue weighted by Crippen LogP contribution is 2.29. The predicted octanol–water partition coefficient (Wildman–Crippen LogP) is 2.91. The summed E-state index contributed by atoms with van der Waals surface area (Å²) < 4.78 is 10.2. The highest BCUT2D eigenvalue weighted by molar-refractivity contribution is 5.99. The molecule has 0 saturated heterocycles. The number of aryl methyl sites for hydroxylation is 1. The largest absolute Gasteiger partial charge is 0.462 e. The summed E-state index contributed by atoms with van der Waals surface area (Å²) in [4.78, 5) is 39.4. The SMILES string of the molecule is CCOC(=O)c1c(C)[nH]c(C(=O)OCC(=O)N[C@H]2CCC[C@@H](C)[C@@H]2C)c1C. The number of nitrogens with one attached hydrogen (secondary N) is 2. The van der Waals surface area contributed by atoms with E-state index in [1.807, 2.05) is 0 Å². The lowest BCUT2D eigenvalue weighted by Gasteiger charge is -2.34. The summed E-state index contributed by atoms with van der Waals surface area (Å²) in [5.41, 5.74) is 1.50. The van der Waals surface area contributed by atoms with E-state index in [1.54, 1.807) is 20.8 Å². The summed E-state index contributed by atoms with van der Waals surface area (Å²) in [6.07, 6.45) is 3.22. The molecule has 0 spiro atoms. The van der Waals surface area contributed by atoms with Gasteiger partial charge >= 0.3 is 11.9 Å². The van der Waals surface area contributed by atoms with Crippen LogP contribution in [0.3, 0.4) is 0 Å². The lowest BCUT2D eigenvalue weighted by molar-refractivity contribution is -0.125. The molecular formula is C20H30N2O5. The van der Waals surface area contributed by atoms with Crippen LogP contribution in [0.25, 0.3) is 0 Å². The molecule has 0 bridgehead atoms. The van der Waals surface area contributed by atoms with E-state index in [4.69, 9.17) is 9.47 Å². The molecule has 1 aromatic rings. The molecule has 7 nitrogen and oxygen atoms in total. The number of aromatic amines is 1. The lowest BCUT2D eigenvalue weighted by atomic mass is 9.78. The summed E-state index contributed by atoms with van der Waals surface area (Å²) in [6.45, 7) is 9.30. The maximum atomic E-state index is 12.3. The smallest absolute Gasteiger partial charge is 0.355 e. The Labute approximate surface area is 160 Å². The van der Waals surface area contributed by atoms with E-state index < -0.39 is 11.9 Å². The van der Waals surface area contributed by atoms with Gasteiger partial charge in [-0.3, -0.25) is 4.79 Å². The van der Waals surface area contributed by atoms with Crippen molar-refractivity contribution in [2.45, 2.75) is 59.9 Å². The minimum Gasteiger partial charge on any atom is -0.462 e. The fraction of sp³-hybridized carbons (Fsp3) is 0.650. The van der Waals surface area contributed by atoms with Crippen LogP contribution < -0.4 is 5.32 Å². The summed E-state index contributed by atoms with van der Waals surface area (Å²) in [6, 6.07) is 0.116. The van der Waals surface area contributed by atoms with Crippen molar-refractivity contribution >= 4 is 17.8 Å². The number of amides is 1. The monoisotopic (exact) mass is 378 g/mol. The lowest BCUT2D eigenvalue weighted by Crippen LogP contribution is -2.45. The zero-order chi connectivity index (χ0) is 20.1. The first-order chi connectivity index (χ1) is 12.8. The Kier molecular flexibility index (Phi) is 7.05. The summed E-state index contributed by atoms with van der Waals surface area (Å²) >= 11 is 0. The van der Waals surface area contributed by atoms with Gasteiger partial charge in [-0.05, 0) is 44.6 Å². The van der Waals surface area contributed by atoms with Crippen LogP contribution in [0, 0.1) is 25.7 Å². The molecule has 1 fully saturated rings. The second kappa shape index (κ2) is 9.06. The van der Waals surface area contributed by atoms with Crippen LogP contribution >= 0.6 is 0 Å². The fourth-order valence-corrected chi connectivity index (χ4v) is 3.70. The number of ether oxygens (including phenoxy) is 2. The Balaban J connectivity index is 1.95. The van der Waals surface area contributed by atoms with Gasteiger partial charge in [0.1, 0.15) is 5.69 Å². The molecule has 7 heteroatoms. The van der Waals surface area contributed by atoms with Crippen molar-refractivity contribution in [1.29, 1.82) is 0 Å². The Morgan fingerprint density at radius 3 is 2.48 bits per heavy atom. The zero-order valence-corrected chi connectivity index (χ0v) is 16.8. The molecule has 1 aliphatic rings. The van der Waals surface area contributed by atoms with Gasteiger partial charge in [-0.1, -0.05) is 26.7 Å². The minimum absolute atomic E-state index is 0.116. The first-order valence-corrected chi connectivity index (χ1v) is 9.59. The van der Waals surface area contributed by atoms with E-state index in [0.29, 0.717) is 28.7 Å². The molecule has 0 radical (unpaired) electrons. The third kappa shape index (κ3) is 4.90. The Bertz CT molecular complexity index is 709. The summed E-state index contributed by atoms with van der Waals surface area (Å²) in [5, 5.41) is 2.97. The van der Waals surface area contributed by atoms with Gasteiger partial charge in [-0.2, -0.15) is 0 Å². The Morgan fingerprint density at radius 2 is 1.81 bits per heavy atom. The van der Waals surface area contributed by atoms with Crippen LogP contribution in [-0.4, -0.2) is 42.1 Å². The van der Waals surface area contributed by atoms with Crippen LogP contribution in [0.5, 0.6) is 0 Å². The fourth-order valence-electron chi connectivity index (χ4n) is 3.70.